The maximum atomic E-state index is 11.5. The van der Waals surface area contributed by atoms with Crippen molar-refractivity contribution in [3.63, 3.8) is 0 Å². The summed E-state index contributed by atoms with van der Waals surface area (Å²) in [5.41, 5.74) is 0. The summed E-state index contributed by atoms with van der Waals surface area (Å²) in [6.45, 7) is 3.91. The van der Waals surface area contributed by atoms with Crippen molar-refractivity contribution in [1.29, 1.82) is 0 Å². The molecule has 0 aliphatic heterocycles. The molecule has 94 valence electrons. The average Bonchev–Trinajstić information content (AvgIpc) is 2.64. The van der Waals surface area contributed by atoms with Crippen molar-refractivity contribution in [1.82, 2.24) is 5.32 Å². The lowest BCUT2D eigenvalue weighted by molar-refractivity contribution is -0.147. The number of furan rings is 1. The number of hydrogen-bond acceptors (Lipinski definition) is 3. The van der Waals surface area contributed by atoms with E-state index in [1.54, 1.807) is 6.92 Å². The van der Waals surface area contributed by atoms with Crippen LogP contribution in [-0.4, -0.2) is 23.5 Å². The molecule has 5 nitrogen and oxygen atoms in total. The molecule has 0 bridgehead atoms. The second kappa shape index (κ2) is 6.08. The number of carbonyl (C=O) groups is 2. The number of carboxylic acids is 1. The number of aliphatic carboxylic acids is 1. The molecule has 17 heavy (non-hydrogen) atoms. The molecule has 0 saturated heterocycles. The lowest BCUT2D eigenvalue weighted by Gasteiger charge is -2.09. The van der Waals surface area contributed by atoms with E-state index in [4.69, 9.17) is 9.52 Å². The van der Waals surface area contributed by atoms with Gasteiger partial charge in [-0.25, -0.2) is 0 Å². The van der Waals surface area contributed by atoms with Gasteiger partial charge in [0.2, 0.25) is 5.91 Å². The molecule has 0 aliphatic rings. The van der Waals surface area contributed by atoms with Crippen molar-refractivity contribution >= 4 is 11.9 Å². The Hall–Kier alpha value is -1.78. The van der Waals surface area contributed by atoms with Crippen LogP contribution in [0, 0.1) is 12.8 Å². The van der Waals surface area contributed by atoms with Gasteiger partial charge in [-0.3, -0.25) is 9.59 Å². The van der Waals surface area contributed by atoms with Crippen LogP contribution in [0.3, 0.4) is 0 Å². The summed E-state index contributed by atoms with van der Waals surface area (Å²) in [5, 5.41) is 11.4. The average molecular weight is 239 g/mol. The van der Waals surface area contributed by atoms with Gasteiger partial charge >= 0.3 is 5.97 Å². The smallest absolute Gasteiger partial charge is 0.316 e. The Morgan fingerprint density at radius 3 is 2.65 bits per heavy atom. The number of carbonyl (C=O) groups excluding carboxylic acids is 1. The van der Waals surface area contributed by atoms with E-state index in [1.807, 2.05) is 19.1 Å². The highest BCUT2D eigenvalue weighted by atomic mass is 16.4. The second-order valence-electron chi connectivity index (χ2n) is 3.85. The lowest BCUT2D eigenvalue weighted by Crippen LogP contribution is -2.36. The summed E-state index contributed by atoms with van der Waals surface area (Å²) < 4.78 is 5.33. The molecule has 0 spiro atoms. The van der Waals surface area contributed by atoms with Crippen molar-refractivity contribution in [2.45, 2.75) is 26.7 Å². The van der Waals surface area contributed by atoms with Gasteiger partial charge in [0, 0.05) is 13.0 Å². The Bertz CT molecular complexity index is 397. The Kier molecular flexibility index (Phi) is 4.75. The van der Waals surface area contributed by atoms with E-state index in [-0.39, 0.29) is 0 Å². The fourth-order valence-corrected chi connectivity index (χ4v) is 1.52. The fraction of sp³-hybridized carbons (Fsp3) is 0.500. The maximum Gasteiger partial charge on any atom is 0.316 e. The highest BCUT2D eigenvalue weighted by molar-refractivity contribution is 5.96. The van der Waals surface area contributed by atoms with Crippen molar-refractivity contribution in [3.05, 3.63) is 23.7 Å². The van der Waals surface area contributed by atoms with Crippen LogP contribution in [0.2, 0.25) is 0 Å². The monoisotopic (exact) mass is 239 g/mol. The molecule has 0 aromatic carbocycles. The Labute approximate surface area is 99.8 Å². The van der Waals surface area contributed by atoms with Gasteiger partial charge in [0.25, 0.3) is 0 Å². The Morgan fingerprint density at radius 2 is 2.18 bits per heavy atom. The molecule has 1 atom stereocenters. The number of hydrogen-bond donors (Lipinski definition) is 2. The largest absolute Gasteiger partial charge is 0.481 e. The quantitative estimate of drug-likeness (QED) is 0.734. The molecule has 0 saturated carbocycles. The summed E-state index contributed by atoms with van der Waals surface area (Å²) in [7, 11) is 0. The molecule has 1 aromatic rings. The molecule has 1 amide bonds. The normalized spacial score (nSPS) is 12.1. The van der Waals surface area contributed by atoms with Crippen LogP contribution in [0.25, 0.3) is 0 Å². The van der Waals surface area contributed by atoms with Crippen molar-refractivity contribution in [3.8, 4) is 0 Å². The molecule has 1 unspecified atom stereocenters. The summed E-state index contributed by atoms with van der Waals surface area (Å²) in [4.78, 5) is 22.2. The third kappa shape index (κ3) is 3.94. The van der Waals surface area contributed by atoms with Gasteiger partial charge in [-0.1, -0.05) is 6.92 Å². The molecule has 0 fully saturated rings. The van der Waals surface area contributed by atoms with Crippen molar-refractivity contribution in [2.75, 3.05) is 6.54 Å². The number of rotatable bonds is 6. The first kappa shape index (κ1) is 13.3. The first-order valence-electron chi connectivity index (χ1n) is 5.60. The first-order chi connectivity index (χ1) is 8.04. The summed E-state index contributed by atoms with van der Waals surface area (Å²) >= 11 is 0. The lowest BCUT2D eigenvalue weighted by atomic mass is 10.1. The minimum Gasteiger partial charge on any atom is -0.481 e. The van der Waals surface area contributed by atoms with E-state index < -0.39 is 17.8 Å². The van der Waals surface area contributed by atoms with E-state index in [0.717, 1.165) is 11.5 Å². The molecule has 0 aliphatic carbocycles. The molecular weight excluding hydrogens is 222 g/mol. The zero-order valence-corrected chi connectivity index (χ0v) is 10.0. The topological polar surface area (TPSA) is 79.5 Å². The molecular formula is C12H17NO4. The van der Waals surface area contributed by atoms with Crippen LogP contribution in [0.15, 0.2) is 16.5 Å². The van der Waals surface area contributed by atoms with E-state index in [2.05, 4.69) is 5.32 Å². The second-order valence-corrected chi connectivity index (χ2v) is 3.85. The third-order valence-electron chi connectivity index (χ3n) is 2.49. The summed E-state index contributed by atoms with van der Waals surface area (Å²) in [6.07, 6.45) is 0.858. The van der Waals surface area contributed by atoms with E-state index in [1.165, 1.54) is 0 Å². The highest BCUT2D eigenvalue weighted by Crippen LogP contribution is 2.07. The zero-order chi connectivity index (χ0) is 12.8. The molecule has 1 heterocycles. The van der Waals surface area contributed by atoms with Gasteiger partial charge in [0.1, 0.15) is 17.4 Å². The van der Waals surface area contributed by atoms with E-state index in [9.17, 15) is 9.59 Å². The van der Waals surface area contributed by atoms with Gasteiger partial charge in [0.15, 0.2) is 0 Å². The predicted molar refractivity (Wildman–Crippen MR) is 61.6 cm³/mol. The fourth-order valence-electron chi connectivity index (χ4n) is 1.52. The summed E-state index contributed by atoms with van der Waals surface area (Å²) in [5.74, 6) is -0.884. The van der Waals surface area contributed by atoms with Crippen LogP contribution < -0.4 is 5.32 Å². The molecule has 0 radical (unpaired) electrons. The van der Waals surface area contributed by atoms with Crippen LogP contribution >= 0.6 is 0 Å². The van der Waals surface area contributed by atoms with Crippen LogP contribution in [-0.2, 0) is 16.0 Å². The molecule has 1 rings (SSSR count). The molecule has 1 aromatic heterocycles. The van der Waals surface area contributed by atoms with E-state index in [0.29, 0.717) is 19.4 Å². The van der Waals surface area contributed by atoms with Gasteiger partial charge in [-0.05, 0) is 25.5 Å². The number of aryl methyl sites for hydroxylation is 1. The van der Waals surface area contributed by atoms with Gasteiger partial charge in [-0.15, -0.1) is 0 Å². The van der Waals surface area contributed by atoms with Crippen LogP contribution in [0.4, 0.5) is 0 Å². The van der Waals surface area contributed by atoms with Gasteiger partial charge < -0.3 is 14.8 Å². The minimum absolute atomic E-state index is 0.293. The Balaban J connectivity index is 2.35. The first-order valence-corrected chi connectivity index (χ1v) is 5.60. The van der Waals surface area contributed by atoms with Gasteiger partial charge in [0.05, 0.1) is 0 Å². The van der Waals surface area contributed by atoms with Crippen LogP contribution in [0.1, 0.15) is 24.9 Å². The molecule has 5 heteroatoms. The van der Waals surface area contributed by atoms with E-state index >= 15 is 0 Å². The highest BCUT2D eigenvalue weighted by Gasteiger charge is 2.23. The third-order valence-corrected chi connectivity index (χ3v) is 2.49. The number of amides is 1. The van der Waals surface area contributed by atoms with Gasteiger partial charge in [-0.2, -0.15) is 0 Å². The number of carboxylic acid groups (broad SMARTS) is 1. The van der Waals surface area contributed by atoms with Crippen LogP contribution in [0.5, 0.6) is 0 Å². The summed E-state index contributed by atoms with van der Waals surface area (Å²) in [6, 6.07) is 3.69. The Morgan fingerprint density at radius 1 is 1.47 bits per heavy atom. The number of nitrogens with one attached hydrogen (secondary N) is 1. The standard InChI is InChI=1S/C12H17NO4/c1-3-10(12(15)16)11(14)13-7-6-9-5-4-8(2)17-9/h4-5,10H,3,6-7H2,1-2H3,(H,13,14)(H,15,16). The van der Waals surface area contributed by atoms with Crippen molar-refractivity contribution < 1.29 is 19.1 Å². The SMILES string of the molecule is CCC(C(=O)O)C(=O)NCCc1ccc(C)o1. The minimum atomic E-state index is -1.08. The van der Waals surface area contributed by atoms with Crippen molar-refractivity contribution in [2.24, 2.45) is 5.92 Å². The zero-order valence-electron chi connectivity index (χ0n) is 10.0. The molecule has 2 N–H and O–H groups in total. The predicted octanol–water partition coefficient (Wildman–Crippen LogP) is 1.36. The maximum absolute atomic E-state index is 11.5.